The van der Waals surface area contributed by atoms with Crippen molar-refractivity contribution >= 4 is 26.6 Å². The second-order valence-corrected chi connectivity index (χ2v) is 6.86. The molecule has 0 aliphatic rings. The summed E-state index contributed by atoms with van der Waals surface area (Å²) in [6, 6.07) is 8.94. The Bertz CT molecular complexity index is 382. The van der Waals surface area contributed by atoms with Crippen LogP contribution in [0.15, 0.2) is 30.3 Å². The zero-order chi connectivity index (χ0) is 11.3. The Hall–Kier alpha value is -0.0600. The SMILES string of the molecule is O=[PH](O)OOP(O)(=S)Cc1ccccc1. The first-order valence-corrected chi connectivity index (χ1v) is 8.07. The van der Waals surface area contributed by atoms with Gasteiger partial charge in [-0.25, -0.2) is 0 Å². The van der Waals surface area contributed by atoms with E-state index in [1.807, 2.05) is 6.07 Å². The van der Waals surface area contributed by atoms with Gasteiger partial charge >= 0.3 is 8.25 Å². The molecule has 0 amide bonds. The Labute approximate surface area is 92.7 Å². The molecular formula is C7H10O5P2S. The van der Waals surface area contributed by atoms with Crippen LogP contribution in [0.5, 0.6) is 0 Å². The van der Waals surface area contributed by atoms with Crippen molar-refractivity contribution in [1.82, 2.24) is 0 Å². The molecule has 0 aliphatic heterocycles. The molecule has 5 nitrogen and oxygen atoms in total. The van der Waals surface area contributed by atoms with E-state index >= 15 is 0 Å². The summed E-state index contributed by atoms with van der Waals surface area (Å²) in [5.41, 5.74) is 0.782. The fourth-order valence-electron chi connectivity index (χ4n) is 0.931. The minimum absolute atomic E-state index is 0.0956. The smallest absolute Gasteiger partial charge is 0.343 e. The second kappa shape index (κ2) is 5.87. The minimum atomic E-state index is -3.23. The molecule has 0 heterocycles. The Balaban J connectivity index is 2.57. The zero-order valence-electron chi connectivity index (χ0n) is 7.57. The highest BCUT2D eigenvalue weighted by Crippen LogP contribution is 2.48. The summed E-state index contributed by atoms with van der Waals surface area (Å²) in [5, 5.41) is 0. The quantitative estimate of drug-likeness (QED) is 0.482. The van der Waals surface area contributed by atoms with Crippen molar-refractivity contribution in [2.24, 2.45) is 0 Å². The Morgan fingerprint density at radius 2 is 2.00 bits per heavy atom. The van der Waals surface area contributed by atoms with E-state index in [1.54, 1.807) is 24.3 Å². The molecule has 2 atom stereocenters. The summed E-state index contributed by atoms with van der Waals surface area (Å²) in [7, 11) is -3.23. The molecule has 84 valence electrons. The average Bonchev–Trinajstić information content (AvgIpc) is 2.16. The predicted molar refractivity (Wildman–Crippen MR) is 60.0 cm³/mol. The minimum Gasteiger partial charge on any atom is -0.343 e. The van der Waals surface area contributed by atoms with E-state index in [-0.39, 0.29) is 6.16 Å². The summed E-state index contributed by atoms with van der Waals surface area (Å²) in [6.07, 6.45) is 0.0956. The Morgan fingerprint density at radius 3 is 2.53 bits per heavy atom. The highest BCUT2D eigenvalue weighted by molar-refractivity contribution is 8.09. The van der Waals surface area contributed by atoms with Crippen molar-refractivity contribution < 1.29 is 23.7 Å². The van der Waals surface area contributed by atoms with E-state index in [1.165, 1.54) is 0 Å². The van der Waals surface area contributed by atoms with Gasteiger partial charge in [-0.2, -0.15) is 4.67 Å². The lowest BCUT2D eigenvalue weighted by Gasteiger charge is -2.12. The summed E-state index contributed by atoms with van der Waals surface area (Å²) in [5.74, 6) is 0. The Morgan fingerprint density at radius 1 is 1.40 bits per heavy atom. The molecule has 0 fully saturated rings. The summed E-state index contributed by atoms with van der Waals surface area (Å²) < 4.78 is 18.5. The van der Waals surface area contributed by atoms with Gasteiger partial charge in [0.1, 0.15) is 0 Å². The lowest BCUT2D eigenvalue weighted by atomic mass is 10.2. The van der Waals surface area contributed by atoms with Crippen LogP contribution in [0.2, 0.25) is 0 Å². The van der Waals surface area contributed by atoms with E-state index in [4.69, 9.17) is 16.7 Å². The molecule has 0 spiro atoms. The first-order chi connectivity index (χ1) is 6.99. The zero-order valence-corrected chi connectivity index (χ0v) is 10.3. The lowest BCUT2D eigenvalue weighted by Crippen LogP contribution is -1.91. The maximum atomic E-state index is 10.2. The van der Waals surface area contributed by atoms with Crippen molar-refractivity contribution in [2.45, 2.75) is 6.16 Å². The van der Waals surface area contributed by atoms with Crippen molar-refractivity contribution in [3.63, 3.8) is 0 Å². The topological polar surface area (TPSA) is 76.0 Å². The van der Waals surface area contributed by atoms with Crippen LogP contribution in [0.25, 0.3) is 0 Å². The fourth-order valence-corrected chi connectivity index (χ4v) is 3.10. The monoisotopic (exact) mass is 268 g/mol. The molecule has 2 unspecified atom stereocenters. The molecule has 2 N–H and O–H groups in total. The van der Waals surface area contributed by atoms with Crippen LogP contribution in [-0.2, 0) is 31.9 Å². The Kier molecular flexibility index (Phi) is 5.09. The van der Waals surface area contributed by atoms with Gasteiger partial charge in [0.05, 0.1) is 6.16 Å². The van der Waals surface area contributed by atoms with Gasteiger partial charge in [-0.1, -0.05) is 30.3 Å². The molecule has 0 saturated heterocycles. The highest BCUT2D eigenvalue weighted by atomic mass is 32.5. The van der Waals surface area contributed by atoms with Crippen LogP contribution >= 0.6 is 14.7 Å². The molecule has 0 aliphatic carbocycles. The van der Waals surface area contributed by atoms with Crippen LogP contribution in [0.3, 0.4) is 0 Å². The first kappa shape index (κ1) is 13.0. The predicted octanol–water partition coefficient (Wildman–Crippen LogP) is 1.82. The summed E-state index contributed by atoms with van der Waals surface area (Å²) in [4.78, 5) is 17.9. The number of rotatable bonds is 5. The van der Waals surface area contributed by atoms with Crippen LogP contribution in [0, 0.1) is 0 Å². The van der Waals surface area contributed by atoms with Gasteiger partial charge in [-0.3, -0.25) is 4.57 Å². The molecular weight excluding hydrogens is 258 g/mol. The first-order valence-electron chi connectivity index (χ1n) is 3.94. The van der Waals surface area contributed by atoms with Gasteiger partial charge in [0.2, 0.25) is 6.49 Å². The summed E-state index contributed by atoms with van der Waals surface area (Å²) >= 11 is 4.73. The highest BCUT2D eigenvalue weighted by Gasteiger charge is 2.17. The lowest BCUT2D eigenvalue weighted by molar-refractivity contribution is -0.101. The second-order valence-electron chi connectivity index (χ2n) is 2.70. The van der Waals surface area contributed by atoms with E-state index in [0.29, 0.717) is 0 Å². The van der Waals surface area contributed by atoms with Gasteiger partial charge in [-0.05, 0) is 17.4 Å². The number of benzene rings is 1. The van der Waals surface area contributed by atoms with Gasteiger partial charge < -0.3 is 9.79 Å². The molecule has 1 aromatic rings. The molecule has 1 rings (SSSR count). The molecule has 1 aromatic carbocycles. The average molecular weight is 268 g/mol. The van der Waals surface area contributed by atoms with Crippen molar-refractivity contribution in [3.8, 4) is 0 Å². The molecule has 0 aromatic heterocycles. The maximum absolute atomic E-state index is 10.2. The maximum Gasteiger partial charge on any atom is 0.345 e. The van der Waals surface area contributed by atoms with Gasteiger partial charge in [-0.15, -0.1) is 4.67 Å². The van der Waals surface area contributed by atoms with E-state index < -0.39 is 14.7 Å². The van der Waals surface area contributed by atoms with Gasteiger partial charge in [0, 0.05) is 0 Å². The van der Waals surface area contributed by atoms with Crippen molar-refractivity contribution in [2.75, 3.05) is 0 Å². The number of hydrogen-bond donors (Lipinski definition) is 2. The van der Waals surface area contributed by atoms with Crippen LogP contribution < -0.4 is 0 Å². The van der Waals surface area contributed by atoms with Crippen LogP contribution in [0.1, 0.15) is 5.56 Å². The van der Waals surface area contributed by atoms with E-state index in [0.717, 1.165) is 5.56 Å². The van der Waals surface area contributed by atoms with Gasteiger partial charge in [0.25, 0.3) is 0 Å². The third-order valence-electron chi connectivity index (χ3n) is 1.45. The van der Waals surface area contributed by atoms with Crippen molar-refractivity contribution in [1.29, 1.82) is 0 Å². The third-order valence-corrected chi connectivity index (χ3v) is 3.46. The molecule has 0 saturated carbocycles. The third kappa shape index (κ3) is 5.54. The number of hydrogen-bond acceptors (Lipinski definition) is 4. The van der Waals surface area contributed by atoms with Crippen LogP contribution in [0.4, 0.5) is 0 Å². The van der Waals surface area contributed by atoms with E-state index in [2.05, 4.69) is 9.35 Å². The fraction of sp³-hybridized carbons (Fsp3) is 0.143. The van der Waals surface area contributed by atoms with Crippen molar-refractivity contribution in [3.05, 3.63) is 35.9 Å². The normalized spacial score (nSPS) is 16.9. The molecule has 0 bridgehead atoms. The molecule has 8 heteroatoms. The molecule has 0 radical (unpaired) electrons. The van der Waals surface area contributed by atoms with E-state index in [9.17, 15) is 9.46 Å². The molecule has 15 heavy (non-hydrogen) atoms. The summed E-state index contributed by atoms with van der Waals surface area (Å²) in [6.45, 7) is -3.19. The largest absolute Gasteiger partial charge is 0.345 e. The van der Waals surface area contributed by atoms with Crippen LogP contribution in [-0.4, -0.2) is 9.79 Å². The van der Waals surface area contributed by atoms with Gasteiger partial charge in [0.15, 0.2) is 0 Å². The standard InChI is InChI=1S/C7H10O5P2S/c8-13(9)11-12-14(10,15)6-7-4-2-1-3-5-7/h1-5,13H,6H2,(H,8,9)(H,10,15).